The summed E-state index contributed by atoms with van der Waals surface area (Å²) in [5.41, 5.74) is 0.363. The Kier molecular flexibility index (Phi) is 5.58. The maximum Gasteiger partial charge on any atom is 0.300 e. The van der Waals surface area contributed by atoms with Crippen molar-refractivity contribution in [3.8, 4) is 5.75 Å². The smallest absolute Gasteiger partial charge is 0.300 e. The van der Waals surface area contributed by atoms with Crippen molar-refractivity contribution in [2.24, 2.45) is 0 Å². The predicted octanol–water partition coefficient (Wildman–Crippen LogP) is 4.83. The number of ether oxygens (including phenoxy) is 1. The topological polar surface area (TPSA) is 80.0 Å². The van der Waals surface area contributed by atoms with Gasteiger partial charge in [0, 0.05) is 11.3 Å². The zero-order valence-corrected chi connectivity index (χ0v) is 16.7. The Morgan fingerprint density at radius 2 is 1.94 bits per heavy atom. The Morgan fingerprint density at radius 1 is 1.13 bits per heavy atom. The molecule has 1 N–H and O–H groups in total. The van der Waals surface area contributed by atoms with Crippen LogP contribution in [0.3, 0.4) is 0 Å². The van der Waals surface area contributed by atoms with Crippen LogP contribution >= 0.6 is 0 Å². The second kappa shape index (κ2) is 8.47. The number of amides is 1. The number of hydrogen-bond donors (Lipinski definition) is 1. The number of anilines is 1. The SMILES string of the molecule is CCCOc1cccc(/C(O)=C2/C(=O)C(=O)N(c3cccc(F)c3)C2c2ccco2)c1. The van der Waals surface area contributed by atoms with Crippen molar-refractivity contribution in [2.75, 3.05) is 11.5 Å². The number of furan rings is 1. The fourth-order valence-electron chi connectivity index (χ4n) is 3.55. The van der Waals surface area contributed by atoms with Crippen LogP contribution < -0.4 is 9.64 Å². The maximum atomic E-state index is 13.9. The minimum absolute atomic E-state index is 0.142. The molecule has 0 saturated carbocycles. The summed E-state index contributed by atoms with van der Waals surface area (Å²) in [6.07, 6.45) is 2.22. The molecule has 2 heterocycles. The third kappa shape index (κ3) is 3.82. The molecule has 1 atom stereocenters. The summed E-state index contributed by atoms with van der Waals surface area (Å²) in [5.74, 6) is -1.89. The third-order valence-electron chi connectivity index (χ3n) is 4.92. The van der Waals surface area contributed by atoms with Crippen LogP contribution in [0.2, 0.25) is 0 Å². The van der Waals surface area contributed by atoms with Gasteiger partial charge in [-0.1, -0.05) is 25.1 Å². The van der Waals surface area contributed by atoms with Crippen molar-refractivity contribution < 1.29 is 28.2 Å². The molecule has 6 nitrogen and oxygen atoms in total. The molecule has 0 spiro atoms. The van der Waals surface area contributed by atoms with Crippen LogP contribution in [-0.2, 0) is 9.59 Å². The lowest BCUT2D eigenvalue weighted by Crippen LogP contribution is -2.29. The van der Waals surface area contributed by atoms with Crippen LogP contribution in [0.25, 0.3) is 5.76 Å². The number of Topliss-reactive ketones (excluding diaryl/α,β-unsaturated/α-hetero) is 1. The molecule has 1 aliphatic heterocycles. The van der Waals surface area contributed by atoms with Gasteiger partial charge in [-0.25, -0.2) is 4.39 Å². The average molecular weight is 421 g/mol. The first kappa shape index (κ1) is 20.4. The molecule has 0 bridgehead atoms. The van der Waals surface area contributed by atoms with E-state index in [1.54, 1.807) is 36.4 Å². The Bertz CT molecular complexity index is 1150. The molecule has 4 rings (SSSR count). The largest absolute Gasteiger partial charge is 0.507 e. The van der Waals surface area contributed by atoms with Crippen molar-refractivity contribution in [1.29, 1.82) is 0 Å². The zero-order valence-electron chi connectivity index (χ0n) is 16.7. The summed E-state index contributed by atoms with van der Waals surface area (Å²) in [4.78, 5) is 27.0. The van der Waals surface area contributed by atoms with Gasteiger partial charge in [-0.15, -0.1) is 0 Å². The normalized spacial score (nSPS) is 17.9. The molecule has 31 heavy (non-hydrogen) atoms. The summed E-state index contributed by atoms with van der Waals surface area (Å²) in [7, 11) is 0. The second-order valence-corrected chi connectivity index (χ2v) is 7.04. The quantitative estimate of drug-likeness (QED) is 0.350. The van der Waals surface area contributed by atoms with E-state index in [1.165, 1.54) is 24.5 Å². The van der Waals surface area contributed by atoms with E-state index in [9.17, 15) is 19.1 Å². The highest BCUT2D eigenvalue weighted by atomic mass is 19.1. The Balaban J connectivity index is 1.86. The summed E-state index contributed by atoms with van der Waals surface area (Å²) in [5, 5.41) is 11.1. The van der Waals surface area contributed by atoms with Gasteiger partial charge in [0.1, 0.15) is 29.1 Å². The standard InChI is InChI=1S/C24H20FNO5/c1-2-11-30-18-9-3-6-15(13-18)22(27)20-21(19-10-5-12-31-19)26(24(29)23(20)28)17-8-4-7-16(25)14-17/h3-10,12-14,21,27H,2,11H2,1H3/b22-20-. The fourth-order valence-corrected chi connectivity index (χ4v) is 3.55. The van der Waals surface area contributed by atoms with Crippen LogP contribution in [0.1, 0.15) is 30.7 Å². The molecule has 1 aromatic heterocycles. The molecule has 7 heteroatoms. The van der Waals surface area contributed by atoms with E-state index < -0.39 is 23.5 Å². The number of hydrogen-bond acceptors (Lipinski definition) is 5. The highest BCUT2D eigenvalue weighted by molar-refractivity contribution is 6.51. The molecular weight excluding hydrogens is 401 g/mol. The maximum absolute atomic E-state index is 13.9. The average Bonchev–Trinajstić information content (AvgIpc) is 3.39. The predicted molar refractivity (Wildman–Crippen MR) is 112 cm³/mol. The van der Waals surface area contributed by atoms with Gasteiger partial charge in [-0.05, 0) is 48.9 Å². The molecule has 1 unspecified atom stereocenters. The molecule has 1 saturated heterocycles. The lowest BCUT2D eigenvalue weighted by atomic mass is 9.99. The fraction of sp³-hybridized carbons (Fsp3) is 0.167. The summed E-state index contributed by atoms with van der Waals surface area (Å²) < 4.78 is 24.9. The molecule has 158 valence electrons. The molecule has 1 aliphatic rings. The Hall–Kier alpha value is -3.87. The van der Waals surface area contributed by atoms with Crippen molar-refractivity contribution in [2.45, 2.75) is 19.4 Å². The van der Waals surface area contributed by atoms with Crippen LogP contribution in [-0.4, -0.2) is 23.4 Å². The number of nitrogens with zero attached hydrogens (tertiary/aromatic N) is 1. The Labute approximate surface area is 178 Å². The van der Waals surface area contributed by atoms with Crippen molar-refractivity contribution in [3.05, 3.63) is 89.6 Å². The van der Waals surface area contributed by atoms with Gasteiger partial charge in [-0.3, -0.25) is 14.5 Å². The lowest BCUT2D eigenvalue weighted by Gasteiger charge is -2.23. The summed E-state index contributed by atoms with van der Waals surface area (Å²) in [6.45, 7) is 2.47. The number of benzene rings is 2. The van der Waals surface area contributed by atoms with Crippen LogP contribution in [0.5, 0.6) is 5.75 Å². The van der Waals surface area contributed by atoms with Crippen molar-refractivity contribution in [1.82, 2.24) is 0 Å². The summed E-state index contributed by atoms with van der Waals surface area (Å²) >= 11 is 0. The number of carbonyl (C=O) groups excluding carboxylic acids is 2. The van der Waals surface area contributed by atoms with E-state index in [4.69, 9.17) is 9.15 Å². The first-order valence-corrected chi connectivity index (χ1v) is 9.84. The minimum atomic E-state index is -1.04. The first-order chi connectivity index (χ1) is 15.0. The molecule has 0 radical (unpaired) electrons. The number of aliphatic hydroxyl groups excluding tert-OH is 1. The number of ketones is 1. The van der Waals surface area contributed by atoms with E-state index in [2.05, 4.69) is 0 Å². The monoisotopic (exact) mass is 421 g/mol. The zero-order chi connectivity index (χ0) is 22.0. The number of rotatable bonds is 6. The number of halogens is 1. The lowest BCUT2D eigenvalue weighted by molar-refractivity contribution is -0.132. The van der Waals surface area contributed by atoms with Crippen molar-refractivity contribution in [3.63, 3.8) is 0 Å². The molecular formula is C24H20FNO5. The van der Waals surface area contributed by atoms with Gasteiger partial charge in [0.25, 0.3) is 11.7 Å². The molecule has 0 aliphatic carbocycles. The summed E-state index contributed by atoms with van der Waals surface area (Å²) in [6, 6.07) is 14.1. The van der Waals surface area contributed by atoms with E-state index in [0.29, 0.717) is 17.9 Å². The van der Waals surface area contributed by atoms with Crippen LogP contribution in [0.4, 0.5) is 10.1 Å². The van der Waals surface area contributed by atoms with Gasteiger partial charge >= 0.3 is 0 Å². The van der Waals surface area contributed by atoms with Crippen LogP contribution in [0.15, 0.2) is 76.9 Å². The molecule has 1 fully saturated rings. The molecule has 3 aromatic rings. The highest BCUT2D eigenvalue weighted by Gasteiger charge is 2.48. The van der Waals surface area contributed by atoms with Gasteiger partial charge in [-0.2, -0.15) is 0 Å². The second-order valence-electron chi connectivity index (χ2n) is 7.04. The first-order valence-electron chi connectivity index (χ1n) is 9.84. The Morgan fingerprint density at radius 3 is 2.65 bits per heavy atom. The van der Waals surface area contributed by atoms with E-state index in [0.717, 1.165) is 17.4 Å². The van der Waals surface area contributed by atoms with E-state index in [-0.39, 0.29) is 22.8 Å². The van der Waals surface area contributed by atoms with Gasteiger partial charge in [0.05, 0.1) is 18.4 Å². The molecule has 1 amide bonds. The van der Waals surface area contributed by atoms with Gasteiger partial charge in [0.15, 0.2) is 0 Å². The van der Waals surface area contributed by atoms with Crippen LogP contribution in [0, 0.1) is 5.82 Å². The highest BCUT2D eigenvalue weighted by Crippen LogP contribution is 2.42. The van der Waals surface area contributed by atoms with Gasteiger partial charge < -0.3 is 14.3 Å². The molecule has 2 aromatic carbocycles. The van der Waals surface area contributed by atoms with Crippen molar-refractivity contribution >= 4 is 23.1 Å². The minimum Gasteiger partial charge on any atom is -0.507 e. The van der Waals surface area contributed by atoms with E-state index in [1.807, 2.05) is 6.92 Å². The number of carbonyl (C=O) groups is 2. The van der Waals surface area contributed by atoms with Gasteiger partial charge in [0.2, 0.25) is 0 Å². The third-order valence-corrected chi connectivity index (χ3v) is 4.92. The van der Waals surface area contributed by atoms with E-state index >= 15 is 0 Å². The number of aliphatic hydroxyl groups is 1.